The molecule has 1 aromatic carbocycles. The topological polar surface area (TPSA) is 32.7 Å². The summed E-state index contributed by atoms with van der Waals surface area (Å²) < 4.78 is 0. The summed E-state index contributed by atoms with van der Waals surface area (Å²) in [7, 11) is 0. The lowest BCUT2D eigenvalue weighted by Gasteiger charge is -2.41. The first-order chi connectivity index (χ1) is 8.74. The van der Waals surface area contributed by atoms with Crippen molar-refractivity contribution in [3.63, 3.8) is 0 Å². The average Bonchev–Trinajstić information content (AvgIpc) is 2.40. The summed E-state index contributed by atoms with van der Waals surface area (Å²) in [4.78, 5) is 18.2. The van der Waals surface area contributed by atoms with E-state index >= 15 is 0 Å². The maximum Gasteiger partial charge on any atom is 0.220 e. The lowest BCUT2D eigenvalue weighted by atomic mass is 9.84. The fourth-order valence-corrected chi connectivity index (χ4v) is 2.71. The summed E-state index contributed by atoms with van der Waals surface area (Å²) in [5.41, 5.74) is 2.08. The van der Waals surface area contributed by atoms with E-state index in [1.807, 2.05) is 35.2 Å². The van der Waals surface area contributed by atoms with Gasteiger partial charge in [-0.25, -0.2) is 0 Å². The molecule has 1 fully saturated rings. The summed E-state index contributed by atoms with van der Waals surface area (Å²) >= 11 is 0. The predicted octanol–water partition coefficient (Wildman–Crippen LogP) is 2.57. The van der Waals surface area contributed by atoms with Gasteiger partial charge < -0.3 is 4.90 Å². The third kappa shape index (κ3) is 1.96. The zero-order valence-electron chi connectivity index (χ0n) is 10.4. The average molecular weight is 240 g/mol. The van der Waals surface area contributed by atoms with Crippen molar-refractivity contribution in [3.05, 3.63) is 42.5 Å². The van der Waals surface area contributed by atoms with Crippen LogP contribution in [0.2, 0.25) is 0 Å². The van der Waals surface area contributed by atoms with Gasteiger partial charge in [0.2, 0.25) is 5.91 Å². The van der Waals surface area contributed by atoms with Crippen molar-refractivity contribution < 1.29 is 4.79 Å². The minimum atomic E-state index is 0.0627. The molecule has 2 bridgehead atoms. The molecule has 3 nitrogen and oxygen atoms in total. The van der Waals surface area contributed by atoms with Crippen LogP contribution in [0.3, 0.4) is 0 Å². The first kappa shape index (κ1) is 11.2. The summed E-state index contributed by atoms with van der Waals surface area (Å²) in [6, 6.07) is 10.0. The number of nitrogens with zero attached hydrogens (tertiary/aromatic N) is 2. The third-order valence-corrected chi connectivity index (χ3v) is 3.58. The second-order valence-electron chi connectivity index (χ2n) is 4.90. The highest BCUT2D eigenvalue weighted by Crippen LogP contribution is 2.29. The van der Waals surface area contributed by atoms with Crippen LogP contribution in [0.5, 0.6) is 0 Å². The van der Waals surface area contributed by atoms with Gasteiger partial charge in [0.15, 0.2) is 0 Å². The SMILES string of the molecule is CC(=O)N1CC2C=CC1C(=Nc1ccccc1)C2. The van der Waals surface area contributed by atoms with Crippen molar-refractivity contribution >= 4 is 17.3 Å². The van der Waals surface area contributed by atoms with Crippen molar-refractivity contribution in [2.24, 2.45) is 10.9 Å². The molecule has 1 saturated heterocycles. The van der Waals surface area contributed by atoms with Crippen molar-refractivity contribution in [1.29, 1.82) is 0 Å². The Labute approximate surface area is 107 Å². The van der Waals surface area contributed by atoms with Crippen molar-refractivity contribution in [2.45, 2.75) is 19.4 Å². The molecule has 0 spiro atoms. The number of piperidine rings is 1. The summed E-state index contributed by atoms with van der Waals surface area (Å²) in [5, 5.41) is 0. The summed E-state index contributed by atoms with van der Waals surface area (Å²) in [6.07, 6.45) is 5.30. The Morgan fingerprint density at radius 3 is 2.72 bits per heavy atom. The lowest BCUT2D eigenvalue weighted by molar-refractivity contribution is -0.130. The largest absolute Gasteiger partial charge is 0.331 e. The molecule has 92 valence electrons. The van der Waals surface area contributed by atoms with Crippen LogP contribution >= 0.6 is 0 Å². The molecule has 1 aromatic rings. The second kappa shape index (κ2) is 4.41. The van der Waals surface area contributed by atoms with Crippen LogP contribution in [0.1, 0.15) is 13.3 Å². The maximum atomic E-state index is 11.6. The number of rotatable bonds is 1. The molecule has 3 aliphatic rings. The Morgan fingerprint density at radius 1 is 1.28 bits per heavy atom. The fourth-order valence-electron chi connectivity index (χ4n) is 2.71. The summed E-state index contributed by atoms with van der Waals surface area (Å²) in [5.74, 6) is 0.566. The van der Waals surface area contributed by atoms with E-state index in [-0.39, 0.29) is 11.9 Å². The van der Waals surface area contributed by atoms with Gasteiger partial charge in [-0.05, 0) is 24.5 Å². The molecule has 0 saturated carbocycles. The van der Waals surface area contributed by atoms with E-state index in [0.29, 0.717) is 5.92 Å². The van der Waals surface area contributed by atoms with E-state index < -0.39 is 0 Å². The Bertz CT molecular complexity index is 519. The minimum Gasteiger partial charge on any atom is -0.331 e. The van der Waals surface area contributed by atoms with Gasteiger partial charge in [0.1, 0.15) is 0 Å². The number of para-hydroxylation sites is 1. The number of hydrogen-bond donors (Lipinski definition) is 0. The number of aliphatic imine (C=N–C) groups is 1. The summed E-state index contributed by atoms with van der Waals surface area (Å²) in [6.45, 7) is 2.47. The number of fused-ring (bicyclic) bond motifs is 2. The number of benzene rings is 1. The normalized spacial score (nSPS) is 27.8. The minimum absolute atomic E-state index is 0.0627. The number of carbonyl (C=O) groups is 1. The van der Waals surface area contributed by atoms with E-state index in [9.17, 15) is 4.79 Å². The Balaban J connectivity index is 1.93. The van der Waals surface area contributed by atoms with Gasteiger partial charge >= 0.3 is 0 Å². The molecule has 0 radical (unpaired) electrons. The first-order valence-corrected chi connectivity index (χ1v) is 6.32. The van der Waals surface area contributed by atoms with Gasteiger partial charge in [-0.15, -0.1) is 0 Å². The van der Waals surface area contributed by atoms with Crippen molar-refractivity contribution in [3.8, 4) is 0 Å². The molecule has 2 unspecified atom stereocenters. The van der Waals surface area contributed by atoms with Crippen LogP contribution in [0.4, 0.5) is 5.69 Å². The van der Waals surface area contributed by atoms with Crippen LogP contribution in [-0.4, -0.2) is 29.1 Å². The molecule has 1 amide bonds. The Morgan fingerprint density at radius 2 is 2.06 bits per heavy atom. The van der Waals surface area contributed by atoms with Crippen LogP contribution in [-0.2, 0) is 4.79 Å². The first-order valence-electron chi connectivity index (χ1n) is 6.32. The predicted molar refractivity (Wildman–Crippen MR) is 72.0 cm³/mol. The molecule has 3 heteroatoms. The second-order valence-corrected chi connectivity index (χ2v) is 4.90. The van der Waals surface area contributed by atoms with Gasteiger partial charge in [0.05, 0.1) is 11.7 Å². The monoisotopic (exact) mass is 240 g/mol. The van der Waals surface area contributed by atoms with Gasteiger partial charge in [-0.1, -0.05) is 30.4 Å². The van der Waals surface area contributed by atoms with Crippen LogP contribution in [0.25, 0.3) is 0 Å². The van der Waals surface area contributed by atoms with Crippen molar-refractivity contribution in [1.82, 2.24) is 4.90 Å². The molecule has 2 atom stereocenters. The van der Waals surface area contributed by atoms with Gasteiger partial charge in [-0.3, -0.25) is 9.79 Å². The van der Waals surface area contributed by atoms with E-state index in [1.54, 1.807) is 6.92 Å². The van der Waals surface area contributed by atoms with Gasteiger partial charge in [-0.2, -0.15) is 0 Å². The van der Waals surface area contributed by atoms with E-state index in [1.165, 1.54) is 0 Å². The number of hydrogen-bond acceptors (Lipinski definition) is 2. The maximum absolute atomic E-state index is 11.6. The molecule has 2 aliphatic heterocycles. The van der Waals surface area contributed by atoms with E-state index in [0.717, 1.165) is 24.4 Å². The van der Waals surface area contributed by atoms with Crippen LogP contribution in [0, 0.1) is 5.92 Å². The highest BCUT2D eigenvalue weighted by Gasteiger charge is 2.35. The number of amides is 1. The lowest BCUT2D eigenvalue weighted by Crippen LogP contribution is -2.52. The highest BCUT2D eigenvalue weighted by atomic mass is 16.2. The molecule has 2 heterocycles. The number of carbonyl (C=O) groups excluding carboxylic acids is 1. The molecule has 0 aromatic heterocycles. The highest BCUT2D eigenvalue weighted by molar-refractivity contribution is 5.98. The fraction of sp³-hybridized carbons (Fsp3) is 0.333. The van der Waals surface area contributed by atoms with E-state index in [2.05, 4.69) is 12.2 Å². The third-order valence-electron chi connectivity index (χ3n) is 3.58. The molecular formula is C15H16N2O. The zero-order chi connectivity index (χ0) is 12.5. The quantitative estimate of drug-likeness (QED) is 0.694. The molecule has 0 N–H and O–H groups in total. The molecule has 1 aliphatic carbocycles. The molecular weight excluding hydrogens is 224 g/mol. The van der Waals surface area contributed by atoms with Crippen LogP contribution in [0.15, 0.2) is 47.5 Å². The smallest absolute Gasteiger partial charge is 0.220 e. The molecule has 18 heavy (non-hydrogen) atoms. The Kier molecular flexibility index (Phi) is 2.74. The van der Waals surface area contributed by atoms with Crippen LogP contribution < -0.4 is 0 Å². The zero-order valence-corrected chi connectivity index (χ0v) is 10.4. The van der Waals surface area contributed by atoms with Gasteiger partial charge in [0.25, 0.3) is 0 Å². The van der Waals surface area contributed by atoms with E-state index in [4.69, 9.17) is 4.99 Å². The molecule has 4 rings (SSSR count). The van der Waals surface area contributed by atoms with Gasteiger partial charge in [0, 0.05) is 19.2 Å². The van der Waals surface area contributed by atoms with Crippen molar-refractivity contribution in [2.75, 3.05) is 6.54 Å². The Hall–Kier alpha value is -1.90. The standard InChI is InChI=1S/C15H16N2O/c1-11(18)17-10-12-7-8-15(17)14(9-12)16-13-5-3-2-4-6-13/h2-8,12,15H,9-10H2,1H3.